The van der Waals surface area contributed by atoms with Gasteiger partial charge in [0.1, 0.15) is 0 Å². The molecule has 3 nitrogen and oxygen atoms in total. The van der Waals surface area contributed by atoms with Gasteiger partial charge in [0.05, 0.1) is 5.41 Å². The van der Waals surface area contributed by atoms with Crippen LogP contribution in [0.4, 0.5) is 5.69 Å². The van der Waals surface area contributed by atoms with Gasteiger partial charge in [0, 0.05) is 18.8 Å². The molecular weight excluding hydrogens is 262 g/mol. The van der Waals surface area contributed by atoms with E-state index in [1.165, 1.54) is 30.5 Å². The smallest absolute Gasteiger partial charge is 0.309 e. The lowest BCUT2D eigenvalue weighted by molar-refractivity contribution is -0.147. The Bertz CT molecular complexity index is 482. The van der Waals surface area contributed by atoms with Crippen molar-refractivity contribution in [1.29, 1.82) is 0 Å². The number of carboxylic acids is 1. The number of fused-ring (bicyclic) bond motifs is 1. The summed E-state index contributed by atoms with van der Waals surface area (Å²) in [6.45, 7) is 5.79. The highest BCUT2D eigenvalue weighted by molar-refractivity contribution is 5.73. The normalized spacial score (nSPS) is 15.4. The van der Waals surface area contributed by atoms with Crippen molar-refractivity contribution in [3.63, 3.8) is 0 Å². The molecule has 0 unspecified atom stereocenters. The van der Waals surface area contributed by atoms with E-state index < -0.39 is 11.4 Å². The Morgan fingerprint density at radius 1 is 1.24 bits per heavy atom. The quantitative estimate of drug-likeness (QED) is 0.801. The Kier molecular flexibility index (Phi) is 5.27. The van der Waals surface area contributed by atoms with E-state index in [9.17, 15) is 4.79 Å². The maximum absolute atomic E-state index is 11.1. The van der Waals surface area contributed by atoms with Gasteiger partial charge in [-0.15, -0.1) is 0 Å². The van der Waals surface area contributed by atoms with Gasteiger partial charge in [-0.25, -0.2) is 0 Å². The van der Waals surface area contributed by atoms with E-state index in [1.807, 2.05) is 13.8 Å². The van der Waals surface area contributed by atoms with E-state index in [1.54, 1.807) is 0 Å². The monoisotopic (exact) mass is 289 g/mol. The largest absolute Gasteiger partial charge is 0.481 e. The Morgan fingerprint density at radius 2 is 2.00 bits per heavy atom. The van der Waals surface area contributed by atoms with Crippen molar-refractivity contribution < 1.29 is 9.90 Å². The highest BCUT2D eigenvalue weighted by Crippen LogP contribution is 2.27. The van der Waals surface area contributed by atoms with Crippen LogP contribution < -0.4 is 4.90 Å². The molecule has 0 bridgehead atoms. The first-order valence-electron chi connectivity index (χ1n) is 8.07. The molecule has 1 aliphatic heterocycles. The minimum atomic E-state index is -0.692. The fourth-order valence-electron chi connectivity index (χ4n) is 2.98. The van der Waals surface area contributed by atoms with Crippen LogP contribution in [0.5, 0.6) is 0 Å². The van der Waals surface area contributed by atoms with E-state index in [0.717, 1.165) is 32.4 Å². The zero-order valence-electron chi connectivity index (χ0n) is 13.3. The SMILES string of the molecule is CC(C)(CCCCN1CCCCc2ccccc21)C(=O)O. The van der Waals surface area contributed by atoms with Crippen LogP contribution in [0.25, 0.3) is 0 Å². The number of para-hydroxylation sites is 1. The summed E-state index contributed by atoms with van der Waals surface area (Å²) in [5, 5.41) is 9.15. The number of hydrogen-bond acceptors (Lipinski definition) is 2. The number of rotatable bonds is 6. The molecule has 3 heteroatoms. The number of carboxylic acid groups (broad SMARTS) is 1. The maximum atomic E-state index is 11.1. The van der Waals surface area contributed by atoms with E-state index in [-0.39, 0.29) is 0 Å². The van der Waals surface area contributed by atoms with Gasteiger partial charge in [-0.1, -0.05) is 24.6 Å². The summed E-state index contributed by atoms with van der Waals surface area (Å²) in [6.07, 6.45) is 6.47. The van der Waals surface area contributed by atoms with Crippen LogP contribution in [-0.2, 0) is 11.2 Å². The van der Waals surface area contributed by atoms with Gasteiger partial charge >= 0.3 is 5.97 Å². The summed E-state index contributed by atoms with van der Waals surface area (Å²) in [4.78, 5) is 13.6. The highest BCUT2D eigenvalue weighted by Gasteiger charge is 2.26. The van der Waals surface area contributed by atoms with Crippen molar-refractivity contribution in [2.24, 2.45) is 5.41 Å². The number of carbonyl (C=O) groups is 1. The average molecular weight is 289 g/mol. The van der Waals surface area contributed by atoms with Crippen LogP contribution in [0.1, 0.15) is 51.5 Å². The molecule has 0 aromatic heterocycles. The molecule has 0 amide bonds. The van der Waals surface area contributed by atoms with Crippen molar-refractivity contribution in [2.45, 2.75) is 52.4 Å². The van der Waals surface area contributed by atoms with Crippen LogP contribution in [0.2, 0.25) is 0 Å². The lowest BCUT2D eigenvalue weighted by atomic mass is 9.87. The van der Waals surface area contributed by atoms with E-state index in [0.29, 0.717) is 0 Å². The average Bonchev–Trinajstić information content (AvgIpc) is 2.66. The van der Waals surface area contributed by atoms with Gasteiger partial charge in [-0.3, -0.25) is 4.79 Å². The van der Waals surface area contributed by atoms with Crippen LogP contribution >= 0.6 is 0 Å². The number of benzene rings is 1. The second-order valence-electron chi connectivity index (χ2n) is 6.72. The fraction of sp³-hybridized carbons (Fsp3) is 0.611. The van der Waals surface area contributed by atoms with E-state index in [2.05, 4.69) is 29.2 Å². The van der Waals surface area contributed by atoms with Gasteiger partial charge < -0.3 is 10.0 Å². The number of aliphatic carboxylic acids is 1. The zero-order valence-corrected chi connectivity index (χ0v) is 13.3. The molecule has 1 aliphatic rings. The minimum absolute atomic E-state index is 0.601. The number of unbranched alkanes of at least 4 members (excludes halogenated alkanes) is 1. The summed E-state index contributed by atoms with van der Waals surface area (Å²) in [6, 6.07) is 8.70. The predicted molar refractivity (Wildman–Crippen MR) is 86.9 cm³/mol. The number of aryl methyl sites for hydroxylation is 1. The van der Waals surface area contributed by atoms with Crippen LogP contribution in [0, 0.1) is 5.41 Å². The maximum Gasteiger partial charge on any atom is 0.309 e. The fourth-order valence-corrected chi connectivity index (χ4v) is 2.98. The third-order valence-corrected chi connectivity index (χ3v) is 4.52. The molecule has 1 N–H and O–H groups in total. The molecule has 21 heavy (non-hydrogen) atoms. The summed E-state index contributed by atoms with van der Waals surface area (Å²) < 4.78 is 0. The van der Waals surface area contributed by atoms with Crippen LogP contribution in [-0.4, -0.2) is 24.2 Å². The first kappa shape index (κ1) is 15.9. The van der Waals surface area contributed by atoms with Gasteiger partial charge in [0.25, 0.3) is 0 Å². The molecule has 0 aliphatic carbocycles. The lowest BCUT2D eigenvalue weighted by Crippen LogP contribution is -2.27. The molecule has 0 spiro atoms. The summed E-state index contributed by atoms with van der Waals surface area (Å²) in [5.74, 6) is -0.692. The predicted octanol–water partition coefficient (Wildman–Crippen LogP) is 4.11. The standard InChI is InChI=1S/C18H27NO2/c1-18(2,17(20)21)12-6-8-14-19-13-7-5-10-15-9-3-4-11-16(15)19/h3-4,9,11H,5-8,10,12-14H2,1-2H3,(H,20,21). The first-order valence-corrected chi connectivity index (χ1v) is 8.07. The Balaban J connectivity index is 1.87. The number of hydrogen-bond donors (Lipinski definition) is 1. The Hall–Kier alpha value is -1.51. The molecule has 0 atom stereocenters. The molecule has 2 rings (SSSR count). The number of nitrogens with zero attached hydrogens (tertiary/aromatic N) is 1. The Morgan fingerprint density at radius 3 is 2.76 bits per heavy atom. The highest BCUT2D eigenvalue weighted by atomic mass is 16.4. The zero-order chi connectivity index (χ0) is 15.3. The van der Waals surface area contributed by atoms with Crippen LogP contribution in [0.3, 0.4) is 0 Å². The number of anilines is 1. The minimum Gasteiger partial charge on any atom is -0.481 e. The molecular formula is C18H27NO2. The molecule has 1 heterocycles. The van der Waals surface area contributed by atoms with Gasteiger partial charge in [0.2, 0.25) is 0 Å². The summed E-state index contributed by atoms with van der Waals surface area (Å²) >= 11 is 0. The molecule has 0 saturated heterocycles. The third-order valence-electron chi connectivity index (χ3n) is 4.52. The molecule has 0 saturated carbocycles. The van der Waals surface area contributed by atoms with Gasteiger partial charge in [-0.05, 0) is 57.6 Å². The van der Waals surface area contributed by atoms with Crippen molar-refractivity contribution in [2.75, 3.05) is 18.0 Å². The molecule has 1 aromatic rings. The molecule has 1 aromatic carbocycles. The van der Waals surface area contributed by atoms with Crippen molar-refractivity contribution in [1.82, 2.24) is 0 Å². The molecule has 0 radical (unpaired) electrons. The van der Waals surface area contributed by atoms with E-state index >= 15 is 0 Å². The molecule has 0 fully saturated rings. The third kappa shape index (κ3) is 4.23. The summed E-state index contributed by atoms with van der Waals surface area (Å²) in [7, 11) is 0. The van der Waals surface area contributed by atoms with Gasteiger partial charge in [-0.2, -0.15) is 0 Å². The van der Waals surface area contributed by atoms with Gasteiger partial charge in [0.15, 0.2) is 0 Å². The Labute approximate surface area is 128 Å². The molecule has 116 valence electrons. The van der Waals surface area contributed by atoms with Crippen LogP contribution in [0.15, 0.2) is 24.3 Å². The van der Waals surface area contributed by atoms with E-state index in [4.69, 9.17) is 5.11 Å². The topological polar surface area (TPSA) is 40.5 Å². The summed E-state index contributed by atoms with van der Waals surface area (Å²) in [5.41, 5.74) is 2.24. The van der Waals surface area contributed by atoms with Crippen molar-refractivity contribution >= 4 is 11.7 Å². The lowest BCUT2D eigenvalue weighted by Gasteiger charge is -2.26. The van der Waals surface area contributed by atoms with Crippen molar-refractivity contribution in [3.05, 3.63) is 29.8 Å². The van der Waals surface area contributed by atoms with Crippen molar-refractivity contribution in [3.8, 4) is 0 Å². The second kappa shape index (κ2) is 6.97. The second-order valence-corrected chi connectivity index (χ2v) is 6.72. The first-order chi connectivity index (χ1) is 10.0.